The first-order valence-corrected chi connectivity index (χ1v) is 12.4. The fourth-order valence-electron chi connectivity index (χ4n) is 4.77. The lowest BCUT2D eigenvalue weighted by molar-refractivity contribution is 0.0306. The van der Waals surface area contributed by atoms with Crippen LogP contribution in [0.15, 0.2) is 54.2 Å². The van der Waals surface area contributed by atoms with E-state index in [1.807, 2.05) is 42.9 Å². The van der Waals surface area contributed by atoms with E-state index in [9.17, 15) is 9.90 Å². The van der Waals surface area contributed by atoms with Gasteiger partial charge in [0.1, 0.15) is 0 Å². The molecule has 1 atom stereocenters. The van der Waals surface area contributed by atoms with Crippen LogP contribution in [0.2, 0.25) is 0 Å². The number of hydrogen-bond acceptors (Lipinski definition) is 4. The second-order valence-electron chi connectivity index (χ2n) is 8.78. The van der Waals surface area contributed by atoms with Crippen LogP contribution in [-0.4, -0.2) is 16.1 Å². The summed E-state index contributed by atoms with van der Waals surface area (Å²) in [4.78, 5) is 17.1. The topological polar surface area (TPSA) is 59.4 Å². The SMILES string of the molecule is Cc1cc(COC(CCC2CCCCC2)c2cncs2)ccc1-c1ccccc1C(=O)O. The zero-order valence-corrected chi connectivity index (χ0v) is 19.4. The van der Waals surface area contributed by atoms with Crippen molar-refractivity contribution in [1.29, 1.82) is 0 Å². The molecule has 0 saturated heterocycles. The molecule has 168 valence electrons. The van der Waals surface area contributed by atoms with Gasteiger partial charge in [-0.05, 0) is 54.0 Å². The quantitative estimate of drug-likeness (QED) is 0.369. The zero-order valence-electron chi connectivity index (χ0n) is 18.6. The number of aromatic nitrogens is 1. The van der Waals surface area contributed by atoms with Crippen molar-refractivity contribution >= 4 is 17.3 Å². The first-order chi connectivity index (χ1) is 15.6. The Morgan fingerprint density at radius 3 is 2.69 bits per heavy atom. The van der Waals surface area contributed by atoms with Crippen LogP contribution in [0.4, 0.5) is 0 Å². The second-order valence-corrected chi connectivity index (χ2v) is 9.70. The molecule has 4 rings (SSSR count). The Balaban J connectivity index is 1.44. The molecular formula is C27H31NO3S. The van der Waals surface area contributed by atoms with Crippen molar-refractivity contribution in [2.24, 2.45) is 5.92 Å². The maximum atomic E-state index is 11.6. The summed E-state index contributed by atoms with van der Waals surface area (Å²) >= 11 is 1.67. The van der Waals surface area contributed by atoms with Crippen LogP contribution in [0, 0.1) is 12.8 Å². The number of aromatic carboxylic acids is 1. The molecule has 1 N–H and O–H groups in total. The number of rotatable bonds is 9. The molecule has 5 heteroatoms. The Morgan fingerprint density at radius 1 is 1.16 bits per heavy atom. The number of carboxylic acid groups (broad SMARTS) is 1. The molecule has 1 aromatic heterocycles. The van der Waals surface area contributed by atoms with Crippen molar-refractivity contribution in [3.05, 3.63) is 75.7 Å². The second kappa shape index (κ2) is 10.9. The van der Waals surface area contributed by atoms with Crippen LogP contribution in [-0.2, 0) is 11.3 Å². The van der Waals surface area contributed by atoms with Crippen LogP contribution in [0.3, 0.4) is 0 Å². The van der Waals surface area contributed by atoms with Gasteiger partial charge in [0.05, 0.1) is 28.7 Å². The number of nitrogens with zero attached hydrogens (tertiary/aromatic N) is 1. The highest BCUT2D eigenvalue weighted by Gasteiger charge is 2.19. The number of ether oxygens (including phenoxy) is 1. The lowest BCUT2D eigenvalue weighted by Crippen LogP contribution is -2.10. The van der Waals surface area contributed by atoms with Gasteiger partial charge in [-0.25, -0.2) is 4.79 Å². The van der Waals surface area contributed by atoms with Crippen molar-refractivity contribution in [2.75, 3.05) is 0 Å². The average molecular weight is 450 g/mol. The molecule has 1 aliphatic rings. The van der Waals surface area contributed by atoms with E-state index in [0.29, 0.717) is 12.2 Å². The van der Waals surface area contributed by atoms with Crippen molar-refractivity contribution in [1.82, 2.24) is 4.98 Å². The fourth-order valence-corrected chi connectivity index (χ4v) is 5.48. The number of benzene rings is 2. The number of thiazole rings is 1. The smallest absolute Gasteiger partial charge is 0.336 e. The first-order valence-electron chi connectivity index (χ1n) is 11.5. The molecule has 1 saturated carbocycles. The van der Waals surface area contributed by atoms with Crippen molar-refractivity contribution in [2.45, 2.75) is 64.6 Å². The zero-order chi connectivity index (χ0) is 22.3. The molecule has 1 unspecified atom stereocenters. The van der Waals surface area contributed by atoms with E-state index in [0.717, 1.165) is 34.6 Å². The highest BCUT2D eigenvalue weighted by atomic mass is 32.1. The first kappa shape index (κ1) is 22.7. The third-order valence-corrected chi connectivity index (χ3v) is 7.39. The standard InChI is InChI=1S/C27H31NO3S/c1-19-15-21(11-13-22(19)23-9-5-6-10-24(23)27(29)30)17-31-25(26-16-28-18-32-26)14-12-20-7-3-2-4-8-20/h5-6,9-11,13,15-16,18,20,25H,2-4,7-8,12,14,17H2,1H3,(H,29,30). The third-order valence-electron chi connectivity index (χ3n) is 6.52. The fraction of sp³-hybridized carbons (Fsp3) is 0.407. The van der Waals surface area contributed by atoms with Crippen LogP contribution in [0.25, 0.3) is 11.1 Å². The molecular weight excluding hydrogens is 418 g/mol. The van der Waals surface area contributed by atoms with E-state index < -0.39 is 5.97 Å². The number of carbonyl (C=O) groups is 1. The van der Waals surface area contributed by atoms with Gasteiger partial charge in [0.15, 0.2) is 0 Å². The Kier molecular flexibility index (Phi) is 7.72. The van der Waals surface area contributed by atoms with Crippen LogP contribution in [0.1, 0.15) is 77.4 Å². The molecule has 1 heterocycles. The average Bonchev–Trinajstić information content (AvgIpc) is 3.35. The summed E-state index contributed by atoms with van der Waals surface area (Å²) in [5.74, 6) is -0.0728. The monoisotopic (exact) mass is 449 g/mol. The van der Waals surface area contributed by atoms with Crippen molar-refractivity contribution in [3.8, 4) is 11.1 Å². The van der Waals surface area contributed by atoms with E-state index in [-0.39, 0.29) is 6.10 Å². The number of aryl methyl sites for hydroxylation is 1. The van der Waals surface area contributed by atoms with E-state index in [1.54, 1.807) is 23.5 Å². The van der Waals surface area contributed by atoms with Crippen LogP contribution in [0.5, 0.6) is 0 Å². The largest absolute Gasteiger partial charge is 0.478 e. The highest BCUT2D eigenvalue weighted by molar-refractivity contribution is 7.09. The van der Waals surface area contributed by atoms with Gasteiger partial charge in [-0.3, -0.25) is 4.98 Å². The molecule has 1 fully saturated rings. The molecule has 3 aromatic rings. The van der Waals surface area contributed by atoms with E-state index >= 15 is 0 Å². The molecule has 1 aliphatic carbocycles. The van der Waals surface area contributed by atoms with E-state index in [4.69, 9.17) is 4.74 Å². The third kappa shape index (κ3) is 5.64. The summed E-state index contributed by atoms with van der Waals surface area (Å²) in [5, 5.41) is 9.53. The minimum atomic E-state index is -0.905. The van der Waals surface area contributed by atoms with Crippen LogP contribution < -0.4 is 0 Å². The Morgan fingerprint density at radius 2 is 1.97 bits per heavy atom. The van der Waals surface area contributed by atoms with Crippen LogP contribution >= 0.6 is 11.3 Å². The molecule has 0 bridgehead atoms. The summed E-state index contributed by atoms with van der Waals surface area (Å²) in [5.41, 5.74) is 6.06. The molecule has 0 radical (unpaired) electrons. The van der Waals surface area contributed by atoms with Crippen molar-refractivity contribution < 1.29 is 14.6 Å². The lowest BCUT2D eigenvalue weighted by atomic mass is 9.85. The lowest BCUT2D eigenvalue weighted by Gasteiger charge is -2.24. The molecule has 0 spiro atoms. The predicted octanol–water partition coefficient (Wildman–Crippen LogP) is 7.44. The van der Waals surface area contributed by atoms with Gasteiger partial charge in [-0.2, -0.15) is 0 Å². The van der Waals surface area contributed by atoms with Gasteiger partial charge in [-0.1, -0.05) is 68.5 Å². The van der Waals surface area contributed by atoms with E-state index in [2.05, 4.69) is 11.1 Å². The minimum absolute atomic E-state index is 0.0807. The Labute approximate surface area is 194 Å². The molecule has 0 aliphatic heterocycles. The molecule has 2 aromatic carbocycles. The maximum Gasteiger partial charge on any atom is 0.336 e. The molecule has 4 nitrogen and oxygen atoms in total. The summed E-state index contributed by atoms with van der Waals surface area (Å²) < 4.78 is 6.40. The van der Waals surface area contributed by atoms with Gasteiger partial charge in [-0.15, -0.1) is 11.3 Å². The Bertz CT molecular complexity index is 1030. The molecule has 32 heavy (non-hydrogen) atoms. The van der Waals surface area contributed by atoms with E-state index in [1.165, 1.54) is 43.4 Å². The van der Waals surface area contributed by atoms with Gasteiger partial charge < -0.3 is 9.84 Å². The maximum absolute atomic E-state index is 11.6. The predicted molar refractivity (Wildman–Crippen MR) is 129 cm³/mol. The van der Waals surface area contributed by atoms with Gasteiger partial charge in [0.25, 0.3) is 0 Å². The minimum Gasteiger partial charge on any atom is -0.478 e. The van der Waals surface area contributed by atoms with Gasteiger partial charge >= 0.3 is 5.97 Å². The highest BCUT2D eigenvalue weighted by Crippen LogP contribution is 2.34. The normalized spacial score (nSPS) is 15.5. The summed E-state index contributed by atoms with van der Waals surface area (Å²) in [7, 11) is 0. The number of carboxylic acids is 1. The van der Waals surface area contributed by atoms with Gasteiger partial charge in [0, 0.05) is 6.20 Å². The van der Waals surface area contributed by atoms with Crippen molar-refractivity contribution in [3.63, 3.8) is 0 Å². The molecule has 0 amide bonds. The summed E-state index contributed by atoms with van der Waals surface area (Å²) in [6.07, 6.45) is 11.1. The van der Waals surface area contributed by atoms with Gasteiger partial charge in [0.2, 0.25) is 0 Å². The number of hydrogen-bond donors (Lipinski definition) is 1. The Hall–Kier alpha value is -2.50. The summed E-state index contributed by atoms with van der Waals surface area (Å²) in [6, 6.07) is 13.3. The summed E-state index contributed by atoms with van der Waals surface area (Å²) in [6.45, 7) is 2.57.